The first kappa shape index (κ1) is 28.8. The fourth-order valence-corrected chi connectivity index (χ4v) is 5.53. The molecule has 1 aliphatic carbocycles. The smallest absolute Gasteiger partial charge is 0.243 e. The average molecular weight is 571 g/mol. The molecule has 0 saturated carbocycles. The number of allylic oxidation sites excluding steroid dienone is 2. The normalized spacial score (nSPS) is 19.3. The predicted molar refractivity (Wildman–Crippen MR) is 151 cm³/mol. The highest BCUT2D eigenvalue weighted by atomic mass is 35.5. The van der Waals surface area contributed by atoms with Crippen LogP contribution in [0.2, 0.25) is 10.0 Å². The number of halogens is 2. The van der Waals surface area contributed by atoms with Crippen molar-refractivity contribution < 1.29 is 19.2 Å². The van der Waals surface area contributed by atoms with E-state index in [9.17, 15) is 19.2 Å². The molecule has 1 unspecified atom stereocenters. The number of imide groups is 1. The van der Waals surface area contributed by atoms with Crippen LogP contribution in [0.25, 0.3) is 0 Å². The average Bonchev–Trinajstić information content (AvgIpc) is 3.16. The van der Waals surface area contributed by atoms with Crippen molar-refractivity contribution in [3.05, 3.63) is 81.9 Å². The second kappa shape index (κ2) is 12.8. The number of fused-ring (bicyclic) bond motifs is 1. The molecule has 1 aliphatic heterocycles. The van der Waals surface area contributed by atoms with Crippen LogP contribution in [-0.4, -0.2) is 52.1 Å². The Morgan fingerprint density at radius 3 is 2.18 bits per heavy atom. The van der Waals surface area contributed by atoms with Gasteiger partial charge in [0.25, 0.3) is 0 Å². The minimum Gasteiger partial charge on any atom is -0.352 e. The Morgan fingerprint density at radius 2 is 1.59 bits per heavy atom. The second-order valence-corrected chi connectivity index (χ2v) is 11.2. The number of benzene rings is 2. The number of likely N-dealkylation sites (tertiary alicyclic amines) is 1. The number of carbonyl (C=O) groups is 4. The van der Waals surface area contributed by atoms with E-state index in [0.29, 0.717) is 34.9 Å². The zero-order chi connectivity index (χ0) is 28.1. The van der Waals surface area contributed by atoms with Gasteiger partial charge in [0.2, 0.25) is 23.6 Å². The van der Waals surface area contributed by atoms with Gasteiger partial charge in [0.1, 0.15) is 6.04 Å². The molecule has 1 heterocycles. The highest BCUT2D eigenvalue weighted by Crippen LogP contribution is 2.35. The molecule has 39 heavy (non-hydrogen) atoms. The Morgan fingerprint density at radius 1 is 0.949 bits per heavy atom. The van der Waals surface area contributed by atoms with Crippen LogP contribution in [0.3, 0.4) is 0 Å². The summed E-state index contributed by atoms with van der Waals surface area (Å²) >= 11 is 12.4. The third kappa shape index (κ3) is 6.89. The summed E-state index contributed by atoms with van der Waals surface area (Å²) in [5, 5.41) is 3.68. The number of hydrogen-bond donors (Lipinski definition) is 1. The first-order valence-corrected chi connectivity index (χ1v) is 14.0. The number of hydrogen-bond acceptors (Lipinski definition) is 4. The van der Waals surface area contributed by atoms with E-state index in [1.54, 1.807) is 18.2 Å². The van der Waals surface area contributed by atoms with Crippen LogP contribution in [0.5, 0.6) is 0 Å². The van der Waals surface area contributed by atoms with E-state index in [4.69, 9.17) is 23.2 Å². The summed E-state index contributed by atoms with van der Waals surface area (Å²) in [5.41, 5.74) is 1.60. The van der Waals surface area contributed by atoms with Crippen LogP contribution in [0, 0.1) is 11.8 Å². The minimum absolute atomic E-state index is 0.0226. The van der Waals surface area contributed by atoms with Gasteiger partial charge in [-0.15, -0.1) is 0 Å². The van der Waals surface area contributed by atoms with Gasteiger partial charge in [0, 0.05) is 32.0 Å². The molecule has 0 spiro atoms. The lowest BCUT2D eigenvalue weighted by atomic mass is 9.85. The largest absolute Gasteiger partial charge is 0.352 e. The summed E-state index contributed by atoms with van der Waals surface area (Å²) in [6.45, 7) is 3.81. The molecule has 3 atom stereocenters. The van der Waals surface area contributed by atoms with Crippen LogP contribution in [-0.2, 0) is 32.1 Å². The summed E-state index contributed by atoms with van der Waals surface area (Å²) in [7, 11) is 0. The summed E-state index contributed by atoms with van der Waals surface area (Å²) in [5.74, 6) is -1.78. The highest BCUT2D eigenvalue weighted by molar-refractivity contribution is 6.42. The maximum atomic E-state index is 13.8. The topological polar surface area (TPSA) is 86.8 Å². The van der Waals surface area contributed by atoms with Crippen LogP contribution < -0.4 is 5.32 Å². The Kier molecular flexibility index (Phi) is 9.46. The molecule has 2 aromatic rings. The fourth-order valence-electron chi connectivity index (χ4n) is 5.21. The number of rotatable bonds is 10. The summed E-state index contributed by atoms with van der Waals surface area (Å²) in [6, 6.07) is 13.6. The van der Waals surface area contributed by atoms with E-state index in [1.165, 1.54) is 9.80 Å². The number of amides is 4. The van der Waals surface area contributed by atoms with Gasteiger partial charge in [-0.3, -0.25) is 24.1 Å². The molecule has 206 valence electrons. The first-order chi connectivity index (χ1) is 18.7. The molecule has 1 N–H and O–H groups in total. The molecule has 1 saturated heterocycles. The van der Waals surface area contributed by atoms with Gasteiger partial charge in [-0.1, -0.05) is 71.8 Å². The molecule has 0 bridgehead atoms. The molecule has 4 rings (SSSR count). The van der Waals surface area contributed by atoms with Crippen molar-refractivity contribution in [3.63, 3.8) is 0 Å². The van der Waals surface area contributed by atoms with Gasteiger partial charge >= 0.3 is 0 Å². The SMILES string of the molecule is CC(C)NC(=O)C(Cc1ccccc1)N(Cc1ccc(Cl)c(Cl)c1)C(=O)CCN1C(=O)[C@H]2CC=CC[C@H]2C1=O. The van der Waals surface area contributed by atoms with Crippen LogP contribution in [0.15, 0.2) is 60.7 Å². The van der Waals surface area contributed by atoms with Gasteiger partial charge in [0.15, 0.2) is 0 Å². The Hall–Kier alpha value is -3.16. The van der Waals surface area contributed by atoms with Crippen molar-refractivity contribution in [2.24, 2.45) is 11.8 Å². The van der Waals surface area contributed by atoms with Gasteiger partial charge in [0.05, 0.1) is 21.9 Å². The lowest BCUT2D eigenvalue weighted by Crippen LogP contribution is -2.52. The molecule has 2 aliphatic rings. The quantitative estimate of drug-likeness (QED) is 0.329. The van der Waals surface area contributed by atoms with Crippen molar-refractivity contribution in [3.8, 4) is 0 Å². The predicted octanol–water partition coefficient (Wildman–Crippen LogP) is 4.80. The second-order valence-electron chi connectivity index (χ2n) is 10.4. The van der Waals surface area contributed by atoms with Gasteiger partial charge < -0.3 is 10.2 Å². The van der Waals surface area contributed by atoms with E-state index in [0.717, 1.165) is 5.56 Å². The first-order valence-electron chi connectivity index (χ1n) is 13.2. The van der Waals surface area contributed by atoms with Crippen molar-refractivity contribution in [1.29, 1.82) is 0 Å². The number of nitrogens with one attached hydrogen (secondary N) is 1. The maximum absolute atomic E-state index is 13.8. The van der Waals surface area contributed by atoms with E-state index < -0.39 is 6.04 Å². The summed E-state index contributed by atoms with van der Waals surface area (Å²) < 4.78 is 0. The summed E-state index contributed by atoms with van der Waals surface area (Å²) in [6.07, 6.45) is 5.15. The molecule has 0 aromatic heterocycles. The lowest BCUT2D eigenvalue weighted by Gasteiger charge is -2.32. The molecular weight excluding hydrogens is 537 g/mol. The van der Waals surface area contributed by atoms with Gasteiger partial charge in [-0.2, -0.15) is 0 Å². The summed E-state index contributed by atoms with van der Waals surface area (Å²) in [4.78, 5) is 55.9. The third-order valence-corrected chi connectivity index (χ3v) is 7.93. The molecule has 1 fully saturated rings. The number of nitrogens with zero attached hydrogens (tertiary/aromatic N) is 2. The minimum atomic E-state index is -0.825. The van der Waals surface area contributed by atoms with E-state index >= 15 is 0 Å². The standard InChI is InChI=1S/C30H33Cl2N3O4/c1-19(2)33-28(37)26(17-20-8-4-3-5-9-20)35(18-21-12-13-24(31)25(32)16-21)27(36)14-15-34-29(38)22-10-6-7-11-23(22)30(34)39/h3-9,12-13,16,19,22-23,26H,10-11,14-15,17-18H2,1-2H3,(H,33,37)/t22-,23+,26?. The molecule has 4 amide bonds. The van der Waals surface area contributed by atoms with Gasteiger partial charge in [-0.05, 0) is 49.9 Å². The number of carbonyl (C=O) groups excluding carboxylic acids is 4. The third-order valence-electron chi connectivity index (χ3n) is 7.19. The zero-order valence-corrected chi connectivity index (χ0v) is 23.6. The monoisotopic (exact) mass is 569 g/mol. The van der Waals surface area contributed by atoms with Crippen molar-refractivity contribution in [2.75, 3.05) is 6.54 Å². The highest BCUT2D eigenvalue weighted by Gasteiger charge is 2.47. The lowest BCUT2D eigenvalue weighted by molar-refractivity contribution is -0.144. The van der Waals surface area contributed by atoms with Crippen molar-refractivity contribution in [1.82, 2.24) is 15.1 Å². The molecule has 9 heteroatoms. The van der Waals surface area contributed by atoms with Crippen LogP contribution in [0.1, 0.15) is 44.2 Å². The molecule has 2 aromatic carbocycles. The van der Waals surface area contributed by atoms with Gasteiger partial charge in [-0.25, -0.2) is 0 Å². The fraction of sp³-hybridized carbons (Fsp3) is 0.400. The molecule has 0 radical (unpaired) electrons. The Balaban J connectivity index is 1.60. The van der Waals surface area contributed by atoms with Crippen LogP contribution >= 0.6 is 23.2 Å². The van der Waals surface area contributed by atoms with Crippen molar-refractivity contribution >= 4 is 46.8 Å². The van der Waals surface area contributed by atoms with Crippen molar-refractivity contribution in [2.45, 2.75) is 58.2 Å². The van der Waals surface area contributed by atoms with E-state index in [1.807, 2.05) is 56.3 Å². The maximum Gasteiger partial charge on any atom is 0.243 e. The molecular formula is C30H33Cl2N3O4. The van der Waals surface area contributed by atoms with E-state index in [-0.39, 0.29) is 61.0 Å². The van der Waals surface area contributed by atoms with E-state index in [2.05, 4.69) is 5.32 Å². The Bertz CT molecular complexity index is 1240. The van der Waals surface area contributed by atoms with Crippen LogP contribution in [0.4, 0.5) is 0 Å². The Labute approximate surface area is 239 Å². The zero-order valence-electron chi connectivity index (χ0n) is 22.1. The molecule has 7 nitrogen and oxygen atoms in total.